The molecule has 1 aromatic rings. The number of aliphatic carboxylic acids is 1. The molecule has 1 aromatic carbocycles. The first-order valence-electron chi connectivity index (χ1n) is 5.74. The van der Waals surface area contributed by atoms with Gasteiger partial charge in [0.15, 0.2) is 5.75 Å². The quantitative estimate of drug-likeness (QED) is 0.803. The number of hydrogen-bond donors (Lipinski definition) is 2. The molecule has 0 bridgehead atoms. The molecular weight excluding hydrogens is 359 g/mol. The molecule has 21 heavy (non-hydrogen) atoms. The smallest absolute Gasteiger partial charge is 0.481 e. The van der Waals surface area contributed by atoms with Crippen LogP contribution in [0.25, 0.3) is 0 Å². The number of halogens is 4. The molecule has 2 N–H and O–H groups in total. The molecule has 5 nitrogen and oxygen atoms in total. The van der Waals surface area contributed by atoms with Gasteiger partial charge in [-0.2, -0.15) is 0 Å². The van der Waals surface area contributed by atoms with Crippen molar-refractivity contribution in [3.63, 3.8) is 0 Å². The predicted octanol–water partition coefficient (Wildman–Crippen LogP) is 3.54. The molecule has 0 aliphatic rings. The number of ether oxygens (including phenoxy) is 1. The maximum Gasteiger partial charge on any atom is 0.573 e. The average molecular weight is 370 g/mol. The molecule has 0 atom stereocenters. The van der Waals surface area contributed by atoms with Crippen molar-refractivity contribution in [2.24, 2.45) is 0 Å². The Balaban J connectivity index is 2.73. The van der Waals surface area contributed by atoms with Gasteiger partial charge in [0.25, 0.3) is 0 Å². The first-order chi connectivity index (χ1) is 9.67. The molecule has 0 radical (unpaired) electrons. The minimum atomic E-state index is -4.89. The van der Waals surface area contributed by atoms with Crippen molar-refractivity contribution < 1.29 is 32.6 Å². The summed E-state index contributed by atoms with van der Waals surface area (Å²) in [5.74, 6) is -2.19. The molecule has 0 aromatic heterocycles. The minimum absolute atomic E-state index is 0.0904. The highest BCUT2D eigenvalue weighted by atomic mass is 79.9. The van der Waals surface area contributed by atoms with Gasteiger partial charge in [0.05, 0.1) is 5.69 Å². The van der Waals surface area contributed by atoms with E-state index in [4.69, 9.17) is 5.11 Å². The molecule has 9 heteroatoms. The third-order valence-corrected chi connectivity index (χ3v) is 2.73. The van der Waals surface area contributed by atoms with Crippen molar-refractivity contribution in [1.29, 1.82) is 0 Å². The Kier molecular flexibility index (Phi) is 6.01. The van der Waals surface area contributed by atoms with Gasteiger partial charge in [0.1, 0.15) is 0 Å². The SMILES string of the molecule is O=C(O)CCCC(=O)Nc1ccc(Br)cc1OC(F)(F)F. The van der Waals surface area contributed by atoms with E-state index < -0.39 is 24.0 Å². The Bertz CT molecular complexity index is 534. The molecule has 116 valence electrons. The van der Waals surface area contributed by atoms with Gasteiger partial charge in [0.2, 0.25) is 5.91 Å². The number of anilines is 1. The fourth-order valence-electron chi connectivity index (χ4n) is 1.42. The number of carbonyl (C=O) groups is 2. The highest BCUT2D eigenvalue weighted by Crippen LogP contribution is 2.33. The van der Waals surface area contributed by atoms with Gasteiger partial charge < -0.3 is 15.2 Å². The van der Waals surface area contributed by atoms with Crippen LogP contribution in [0.5, 0.6) is 5.75 Å². The van der Waals surface area contributed by atoms with Gasteiger partial charge in [0, 0.05) is 17.3 Å². The number of nitrogens with one attached hydrogen (secondary N) is 1. The van der Waals surface area contributed by atoms with Crippen molar-refractivity contribution in [1.82, 2.24) is 0 Å². The van der Waals surface area contributed by atoms with E-state index in [2.05, 4.69) is 26.0 Å². The molecule has 0 spiro atoms. The van der Waals surface area contributed by atoms with Crippen LogP contribution in [0.3, 0.4) is 0 Å². The summed E-state index contributed by atoms with van der Waals surface area (Å²) in [6.45, 7) is 0. The molecule has 0 aliphatic heterocycles. The number of amides is 1. The zero-order valence-corrected chi connectivity index (χ0v) is 12.1. The molecule has 0 aliphatic carbocycles. The van der Waals surface area contributed by atoms with E-state index >= 15 is 0 Å². The molecule has 0 saturated carbocycles. The third-order valence-electron chi connectivity index (χ3n) is 2.24. The Morgan fingerprint density at radius 2 is 1.95 bits per heavy atom. The fraction of sp³-hybridized carbons (Fsp3) is 0.333. The van der Waals surface area contributed by atoms with E-state index in [0.717, 1.165) is 6.07 Å². The second kappa shape index (κ2) is 7.30. The summed E-state index contributed by atoms with van der Waals surface area (Å²) in [4.78, 5) is 21.8. The largest absolute Gasteiger partial charge is 0.573 e. The number of benzene rings is 1. The number of rotatable bonds is 6. The Labute approximate surface area is 126 Å². The van der Waals surface area contributed by atoms with Gasteiger partial charge in [-0.05, 0) is 24.6 Å². The van der Waals surface area contributed by atoms with Crippen molar-refractivity contribution in [2.75, 3.05) is 5.32 Å². The number of carbonyl (C=O) groups excluding carboxylic acids is 1. The molecule has 1 amide bonds. The maximum atomic E-state index is 12.3. The van der Waals surface area contributed by atoms with Crippen LogP contribution in [-0.2, 0) is 9.59 Å². The van der Waals surface area contributed by atoms with Crippen LogP contribution in [0.15, 0.2) is 22.7 Å². The highest BCUT2D eigenvalue weighted by Gasteiger charge is 2.32. The first-order valence-corrected chi connectivity index (χ1v) is 6.53. The number of alkyl halides is 3. The van der Waals surface area contributed by atoms with Crippen molar-refractivity contribution in [3.8, 4) is 5.75 Å². The summed E-state index contributed by atoms with van der Waals surface area (Å²) in [6.07, 6.45) is -5.11. The summed E-state index contributed by atoms with van der Waals surface area (Å²) in [6, 6.07) is 3.76. The zero-order chi connectivity index (χ0) is 16.0. The summed E-state index contributed by atoms with van der Waals surface area (Å²) in [7, 11) is 0. The number of hydrogen-bond acceptors (Lipinski definition) is 3. The summed E-state index contributed by atoms with van der Waals surface area (Å²) >= 11 is 3.00. The van der Waals surface area contributed by atoms with E-state index in [1.54, 1.807) is 0 Å². The molecular formula is C12H11BrF3NO4. The van der Waals surface area contributed by atoms with Gasteiger partial charge >= 0.3 is 12.3 Å². The van der Waals surface area contributed by atoms with Crippen LogP contribution < -0.4 is 10.1 Å². The van der Waals surface area contributed by atoms with Gasteiger partial charge in [-0.3, -0.25) is 9.59 Å². The summed E-state index contributed by atoms with van der Waals surface area (Å²) in [5, 5.41) is 10.7. The summed E-state index contributed by atoms with van der Waals surface area (Å²) < 4.78 is 41.0. The van der Waals surface area contributed by atoms with E-state index in [-0.39, 0.29) is 24.9 Å². The average Bonchev–Trinajstić information content (AvgIpc) is 2.30. The standard InChI is InChI=1S/C12H11BrF3NO4/c13-7-4-5-8(9(6-7)21-12(14,15)16)17-10(18)2-1-3-11(19)20/h4-6H,1-3H2,(H,17,18)(H,19,20). The molecule has 0 fully saturated rings. The topological polar surface area (TPSA) is 75.6 Å². The van der Waals surface area contributed by atoms with E-state index in [0.29, 0.717) is 4.47 Å². The van der Waals surface area contributed by atoms with Crippen molar-refractivity contribution >= 4 is 33.5 Å². The lowest BCUT2D eigenvalue weighted by Gasteiger charge is -2.14. The highest BCUT2D eigenvalue weighted by molar-refractivity contribution is 9.10. The van der Waals surface area contributed by atoms with Crippen molar-refractivity contribution in [2.45, 2.75) is 25.6 Å². The maximum absolute atomic E-state index is 12.3. The number of carboxylic acid groups (broad SMARTS) is 1. The minimum Gasteiger partial charge on any atom is -0.481 e. The Hall–Kier alpha value is -1.77. The van der Waals surface area contributed by atoms with Gasteiger partial charge in [-0.25, -0.2) is 0 Å². The molecule has 1 rings (SSSR count). The lowest BCUT2D eigenvalue weighted by molar-refractivity contribution is -0.274. The van der Waals surface area contributed by atoms with Gasteiger partial charge in [-0.15, -0.1) is 13.2 Å². The predicted molar refractivity (Wildman–Crippen MR) is 70.9 cm³/mol. The van der Waals surface area contributed by atoms with Crippen LogP contribution in [0.2, 0.25) is 0 Å². The third kappa shape index (κ3) is 6.98. The van der Waals surface area contributed by atoms with Crippen LogP contribution >= 0.6 is 15.9 Å². The van der Waals surface area contributed by atoms with Crippen LogP contribution in [0, 0.1) is 0 Å². The van der Waals surface area contributed by atoms with Crippen molar-refractivity contribution in [3.05, 3.63) is 22.7 Å². The summed E-state index contributed by atoms with van der Waals surface area (Å²) in [5.41, 5.74) is -0.143. The van der Waals surface area contributed by atoms with Gasteiger partial charge in [-0.1, -0.05) is 15.9 Å². The monoisotopic (exact) mass is 369 g/mol. The molecule has 0 heterocycles. The lowest BCUT2D eigenvalue weighted by Crippen LogP contribution is -2.19. The van der Waals surface area contributed by atoms with Crippen LogP contribution in [0.4, 0.5) is 18.9 Å². The first kappa shape index (κ1) is 17.3. The van der Waals surface area contributed by atoms with E-state index in [1.807, 2.05) is 0 Å². The number of carboxylic acids is 1. The fourth-order valence-corrected chi connectivity index (χ4v) is 1.76. The van der Waals surface area contributed by atoms with Crippen LogP contribution in [0.1, 0.15) is 19.3 Å². The van der Waals surface area contributed by atoms with E-state index in [1.165, 1.54) is 12.1 Å². The Morgan fingerprint density at radius 3 is 2.52 bits per heavy atom. The zero-order valence-electron chi connectivity index (χ0n) is 10.5. The Morgan fingerprint density at radius 1 is 1.29 bits per heavy atom. The molecule has 0 saturated heterocycles. The second-order valence-electron chi connectivity index (χ2n) is 3.98. The van der Waals surface area contributed by atoms with E-state index in [9.17, 15) is 22.8 Å². The molecule has 0 unspecified atom stereocenters. The van der Waals surface area contributed by atoms with Crippen LogP contribution in [-0.4, -0.2) is 23.3 Å². The normalized spacial score (nSPS) is 11.0. The second-order valence-corrected chi connectivity index (χ2v) is 4.90. The lowest BCUT2D eigenvalue weighted by atomic mass is 10.2.